The summed E-state index contributed by atoms with van der Waals surface area (Å²) in [4.78, 5) is 35.5. The molecule has 1 aliphatic heterocycles. The van der Waals surface area contributed by atoms with E-state index in [-0.39, 0.29) is 23.5 Å². The molecule has 0 aliphatic carbocycles. The van der Waals surface area contributed by atoms with Crippen LogP contribution in [0, 0.1) is 10.1 Å². The van der Waals surface area contributed by atoms with Crippen LogP contribution in [0.4, 0.5) is 11.4 Å². The van der Waals surface area contributed by atoms with Gasteiger partial charge in [0.15, 0.2) is 0 Å². The average Bonchev–Trinajstić information content (AvgIpc) is 2.69. The van der Waals surface area contributed by atoms with E-state index in [1.165, 1.54) is 19.2 Å². The number of aliphatic hydroxyl groups is 1. The Balaban J connectivity index is 2.61. The van der Waals surface area contributed by atoms with E-state index in [0.717, 1.165) is 11.0 Å². The standard InChI is InChI=1S/C14H14N2O6/c1-4-22-12(17)8(2)14(19)10-7-9(16(20)21)5-6-11(10)15(3)13(14)18/h5-7,19H,2,4H2,1,3H3. The molecule has 116 valence electrons. The van der Waals surface area contributed by atoms with E-state index < -0.39 is 28.0 Å². The number of carbonyl (C=O) groups excluding carboxylic acids is 2. The number of nitro groups is 1. The number of amides is 1. The second-order valence-corrected chi connectivity index (χ2v) is 4.73. The molecule has 0 aromatic heterocycles. The van der Waals surface area contributed by atoms with Crippen molar-refractivity contribution < 1.29 is 24.4 Å². The highest BCUT2D eigenvalue weighted by Gasteiger charge is 2.53. The summed E-state index contributed by atoms with van der Waals surface area (Å²) in [7, 11) is 1.39. The lowest BCUT2D eigenvalue weighted by molar-refractivity contribution is -0.385. The van der Waals surface area contributed by atoms with Crippen LogP contribution < -0.4 is 4.90 Å². The Hall–Kier alpha value is -2.74. The molecule has 1 aliphatic rings. The van der Waals surface area contributed by atoms with E-state index in [9.17, 15) is 24.8 Å². The Kier molecular flexibility index (Phi) is 3.72. The first kappa shape index (κ1) is 15.6. The van der Waals surface area contributed by atoms with Crippen LogP contribution in [-0.4, -0.2) is 35.6 Å². The van der Waals surface area contributed by atoms with Crippen LogP contribution in [0.25, 0.3) is 0 Å². The number of nitro benzene ring substituents is 1. The summed E-state index contributed by atoms with van der Waals surface area (Å²) >= 11 is 0. The van der Waals surface area contributed by atoms with Gasteiger partial charge in [-0.1, -0.05) is 6.58 Å². The predicted octanol–water partition coefficient (Wildman–Crippen LogP) is 0.878. The molecule has 0 fully saturated rings. The number of benzene rings is 1. The quantitative estimate of drug-likeness (QED) is 0.382. The summed E-state index contributed by atoms with van der Waals surface area (Å²) in [5.41, 5.74) is -2.96. The van der Waals surface area contributed by atoms with Gasteiger partial charge in [0.1, 0.15) is 0 Å². The van der Waals surface area contributed by atoms with Crippen molar-refractivity contribution in [3.05, 3.63) is 46.0 Å². The molecule has 0 bridgehead atoms. The Morgan fingerprint density at radius 3 is 2.73 bits per heavy atom. The molecule has 1 aromatic carbocycles. The van der Waals surface area contributed by atoms with Gasteiger partial charge < -0.3 is 14.7 Å². The van der Waals surface area contributed by atoms with Gasteiger partial charge in [-0.05, 0) is 13.0 Å². The fraction of sp³-hybridized carbons (Fsp3) is 0.286. The van der Waals surface area contributed by atoms with E-state index in [1.807, 2.05) is 0 Å². The van der Waals surface area contributed by atoms with Gasteiger partial charge in [-0.3, -0.25) is 14.9 Å². The van der Waals surface area contributed by atoms with Gasteiger partial charge in [-0.2, -0.15) is 0 Å². The van der Waals surface area contributed by atoms with Crippen molar-refractivity contribution in [2.24, 2.45) is 0 Å². The van der Waals surface area contributed by atoms with Gasteiger partial charge in [0.05, 0.1) is 22.8 Å². The molecule has 1 atom stereocenters. The number of carbonyl (C=O) groups is 2. The maximum absolute atomic E-state index is 12.4. The SMILES string of the molecule is C=C(C(=O)OCC)C1(O)C(=O)N(C)c2ccc([N+](=O)[O-])cc21. The molecule has 8 heteroatoms. The smallest absolute Gasteiger partial charge is 0.337 e. The molecule has 0 saturated carbocycles. The zero-order valence-electron chi connectivity index (χ0n) is 12.0. The number of hydrogen-bond acceptors (Lipinski definition) is 6. The van der Waals surface area contributed by atoms with Crippen molar-refractivity contribution in [3.8, 4) is 0 Å². The third-order valence-corrected chi connectivity index (χ3v) is 3.51. The summed E-state index contributed by atoms with van der Waals surface area (Å²) < 4.78 is 4.75. The van der Waals surface area contributed by atoms with Crippen LogP contribution in [0.5, 0.6) is 0 Å². The Labute approximate surface area is 125 Å². The van der Waals surface area contributed by atoms with E-state index in [2.05, 4.69) is 6.58 Å². The second-order valence-electron chi connectivity index (χ2n) is 4.73. The fourth-order valence-electron chi connectivity index (χ4n) is 2.34. The first-order valence-electron chi connectivity index (χ1n) is 6.41. The van der Waals surface area contributed by atoms with Crippen LogP contribution in [0.1, 0.15) is 12.5 Å². The van der Waals surface area contributed by atoms with Crippen molar-refractivity contribution in [2.75, 3.05) is 18.6 Å². The monoisotopic (exact) mass is 306 g/mol. The highest BCUT2D eigenvalue weighted by Crippen LogP contribution is 2.45. The fourth-order valence-corrected chi connectivity index (χ4v) is 2.34. The predicted molar refractivity (Wildman–Crippen MR) is 76.2 cm³/mol. The summed E-state index contributed by atoms with van der Waals surface area (Å²) in [6.45, 7) is 5.05. The van der Waals surface area contributed by atoms with Crippen LogP contribution in [0.3, 0.4) is 0 Å². The topological polar surface area (TPSA) is 110 Å². The molecule has 2 rings (SSSR count). The first-order valence-corrected chi connectivity index (χ1v) is 6.41. The normalized spacial score (nSPS) is 19.8. The Morgan fingerprint density at radius 1 is 1.55 bits per heavy atom. The molecular weight excluding hydrogens is 292 g/mol. The van der Waals surface area contributed by atoms with Crippen molar-refractivity contribution in [1.82, 2.24) is 0 Å². The van der Waals surface area contributed by atoms with Gasteiger partial charge in [0.2, 0.25) is 5.60 Å². The zero-order chi connectivity index (χ0) is 16.7. The minimum absolute atomic E-state index is 0.0414. The molecule has 1 amide bonds. The van der Waals surface area contributed by atoms with Gasteiger partial charge in [-0.25, -0.2) is 4.79 Å². The van der Waals surface area contributed by atoms with Gasteiger partial charge in [0, 0.05) is 24.7 Å². The number of nitrogens with zero attached hydrogens (tertiary/aromatic N) is 2. The summed E-state index contributed by atoms with van der Waals surface area (Å²) in [6.07, 6.45) is 0. The maximum Gasteiger partial charge on any atom is 0.337 e. The van der Waals surface area contributed by atoms with Crippen molar-refractivity contribution in [2.45, 2.75) is 12.5 Å². The molecule has 0 saturated heterocycles. The molecule has 1 heterocycles. The molecule has 1 aromatic rings. The van der Waals surface area contributed by atoms with Crippen molar-refractivity contribution in [1.29, 1.82) is 0 Å². The second kappa shape index (κ2) is 5.23. The molecular formula is C14H14N2O6. The number of rotatable bonds is 4. The minimum Gasteiger partial charge on any atom is -0.463 e. The number of esters is 1. The molecule has 0 radical (unpaired) electrons. The molecule has 22 heavy (non-hydrogen) atoms. The van der Waals surface area contributed by atoms with Crippen LogP contribution in [0.2, 0.25) is 0 Å². The molecule has 1 N–H and O–H groups in total. The largest absolute Gasteiger partial charge is 0.463 e. The molecule has 1 unspecified atom stereocenters. The summed E-state index contributed by atoms with van der Waals surface area (Å²) in [6, 6.07) is 3.60. The van der Waals surface area contributed by atoms with Crippen LogP contribution >= 0.6 is 0 Å². The zero-order valence-corrected chi connectivity index (χ0v) is 12.0. The van der Waals surface area contributed by atoms with Crippen LogP contribution in [0.15, 0.2) is 30.4 Å². The maximum atomic E-state index is 12.4. The van der Waals surface area contributed by atoms with Crippen LogP contribution in [-0.2, 0) is 19.9 Å². The number of ether oxygens (including phenoxy) is 1. The van der Waals surface area contributed by atoms with Crippen molar-refractivity contribution >= 4 is 23.3 Å². The number of fused-ring (bicyclic) bond motifs is 1. The summed E-state index contributed by atoms with van der Waals surface area (Å²) in [5.74, 6) is -1.76. The summed E-state index contributed by atoms with van der Waals surface area (Å²) in [5, 5.41) is 21.6. The highest BCUT2D eigenvalue weighted by atomic mass is 16.6. The van der Waals surface area contributed by atoms with E-state index in [0.29, 0.717) is 0 Å². The number of non-ortho nitro benzene ring substituents is 1. The van der Waals surface area contributed by atoms with E-state index in [4.69, 9.17) is 4.74 Å². The molecule has 0 spiro atoms. The van der Waals surface area contributed by atoms with Crippen molar-refractivity contribution in [3.63, 3.8) is 0 Å². The lowest BCUT2D eigenvalue weighted by Gasteiger charge is -2.22. The lowest BCUT2D eigenvalue weighted by Crippen LogP contribution is -2.42. The van der Waals surface area contributed by atoms with E-state index >= 15 is 0 Å². The van der Waals surface area contributed by atoms with Gasteiger partial charge in [0.25, 0.3) is 11.6 Å². The van der Waals surface area contributed by atoms with Gasteiger partial charge >= 0.3 is 5.97 Å². The third-order valence-electron chi connectivity index (χ3n) is 3.51. The molecule has 8 nitrogen and oxygen atoms in total. The minimum atomic E-state index is -2.37. The highest BCUT2D eigenvalue weighted by molar-refractivity contribution is 6.13. The first-order chi connectivity index (χ1) is 10.2. The lowest BCUT2D eigenvalue weighted by atomic mass is 9.88. The number of hydrogen-bond donors (Lipinski definition) is 1. The van der Waals surface area contributed by atoms with E-state index in [1.54, 1.807) is 6.92 Å². The Morgan fingerprint density at radius 2 is 2.18 bits per heavy atom. The number of likely N-dealkylation sites (N-methyl/N-ethyl adjacent to an activating group) is 1. The average molecular weight is 306 g/mol. The van der Waals surface area contributed by atoms with Gasteiger partial charge in [-0.15, -0.1) is 0 Å². The third kappa shape index (κ3) is 2.04. The Bertz CT molecular complexity index is 699. The number of anilines is 1.